The number of nitrogens with zero attached hydrogens (tertiary/aromatic N) is 4. The Morgan fingerprint density at radius 1 is 0.938 bits per heavy atom. The van der Waals surface area contributed by atoms with Gasteiger partial charge < -0.3 is 4.90 Å². The van der Waals surface area contributed by atoms with Gasteiger partial charge >= 0.3 is 0 Å². The van der Waals surface area contributed by atoms with Crippen LogP contribution in [0.5, 0.6) is 0 Å². The number of hydrogen-bond acceptors (Lipinski definition) is 6. The molecule has 0 aliphatic carbocycles. The van der Waals surface area contributed by atoms with E-state index >= 15 is 0 Å². The molecule has 1 aliphatic heterocycles. The molecule has 2 aromatic carbocycles. The molecule has 4 rings (SSSR count). The van der Waals surface area contributed by atoms with Gasteiger partial charge in [0, 0.05) is 36.8 Å². The number of rotatable bonds is 7. The highest BCUT2D eigenvalue weighted by Crippen LogP contribution is 2.35. The standard InChI is InChI=1S/C24H20N4O4/c1-2-26(19-6-4-3-5-7-19)22-21(18-8-10-20(11-9-18)28(31)32)23(29)27(24(22)30)16-17-12-14-25-15-13-17/h3-15H,2,16H2,1H3. The molecule has 0 radical (unpaired) electrons. The average molecular weight is 428 g/mol. The second kappa shape index (κ2) is 8.81. The first kappa shape index (κ1) is 20.9. The minimum atomic E-state index is -0.501. The number of anilines is 1. The number of imide groups is 1. The van der Waals surface area contributed by atoms with Crippen LogP contribution in [-0.2, 0) is 16.1 Å². The molecule has 0 saturated carbocycles. The Bertz CT molecular complexity index is 1190. The lowest BCUT2D eigenvalue weighted by molar-refractivity contribution is -0.384. The van der Waals surface area contributed by atoms with Gasteiger partial charge in [0.2, 0.25) is 0 Å². The van der Waals surface area contributed by atoms with E-state index in [1.54, 1.807) is 29.4 Å². The van der Waals surface area contributed by atoms with Crippen LogP contribution in [0.1, 0.15) is 18.1 Å². The summed E-state index contributed by atoms with van der Waals surface area (Å²) in [6, 6.07) is 18.5. The van der Waals surface area contributed by atoms with E-state index in [4.69, 9.17) is 0 Å². The quantitative estimate of drug-likeness (QED) is 0.323. The third kappa shape index (κ3) is 3.85. The second-order valence-corrected chi connectivity index (χ2v) is 7.16. The van der Waals surface area contributed by atoms with E-state index in [2.05, 4.69) is 4.98 Å². The lowest BCUT2D eigenvalue weighted by atomic mass is 10.0. The van der Waals surface area contributed by atoms with Crippen molar-refractivity contribution in [3.63, 3.8) is 0 Å². The van der Waals surface area contributed by atoms with Crippen LogP contribution in [0.15, 0.2) is 84.8 Å². The molecule has 2 heterocycles. The summed E-state index contributed by atoms with van der Waals surface area (Å²) in [6.07, 6.45) is 3.21. The maximum atomic E-state index is 13.5. The van der Waals surface area contributed by atoms with E-state index < -0.39 is 16.7 Å². The van der Waals surface area contributed by atoms with Crippen molar-refractivity contribution in [3.05, 3.63) is 106 Å². The highest BCUT2D eigenvalue weighted by Gasteiger charge is 2.41. The molecular weight excluding hydrogens is 408 g/mol. The topological polar surface area (TPSA) is 96.7 Å². The lowest BCUT2D eigenvalue weighted by Gasteiger charge is -2.25. The molecule has 1 aromatic heterocycles. The number of hydrogen-bond donors (Lipinski definition) is 0. The highest BCUT2D eigenvalue weighted by atomic mass is 16.6. The summed E-state index contributed by atoms with van der Waals surface area (Å²) in [5, 5.41) is 11.1. The Morgan fingerprint density at radius 3 is 2.19 bits per heavy atom. The number of pyridine rings is 1. The number of para-hydroxylation sites is 1. The van der Waals surface area contributed by atoms with Gasteiger partial charge in [0.25, 0.3) is 17.5 Å². The Balaban J connectivity index is 1.82. The lowest BCUT2D eigenvalue weighted by Crippen LogP contribution is -2.34. The molecule has 0 spiro atoms. The molecule has 8 heteroatoms. The van der Waals surface area contributed by atoms with Crippen molar-refractivity contribution in [3.8, 4) is 0 Å². The molecular formula is C24H20N4O4. The van der Waals surface area contributed by atoms with Crippen molar-refractivity contribution in [1.82, 2.24) is 9.88 Å². The Morgan fingerprint density at radius 2 is 1.59 bits per heavy atom. The highest BCUT2D eigenvalue weighted by molar-refractivity contribution is 6.36. The number of benzene rings is 2. The van der Waals surface area contributed by atoms with Crippen molar-refractivity contribution in [2.45, 2.75) is 13.5 Å². The number of nitro benzene ring substituents is 1. The fourth-order valence-corrected chi connectivity index (χ4v) is 3.72. The third-order valence-electron chi connectivity index (χ3n) is 5.25. The van der Waals surface area contributed by atoms with Crippen LogP contribution < -0.4 is 4.90 Å². The van der Waals surface area contributed by atoms with Gasteiger partial charge in [0.15, 0.2) is 0 Å². The first-order valence-electron chi connectivity index (χ1n) is 10.1. The summed E-state index contributed by atoms with van der Waals surface area (Å²) in [6.45, 7) is 2.46. The van der Waals surface area contributed by atoms with E-state index in [1.165, 1.54) is 29.2 Å². The zero-order valence-corrected chi connectivity index (χ0v) is 17.3. The summed E-state index contributed by atoms with van der Waals surface area (Å²) < 4.78 is 0. The van der Waals surface area contributed by atoms with E-state index in [9.17, 15) is 19.7 Å². The average Bonchev–Trinajstić information content (AvgIpc) is 3.06. The number of carbonyl (C=O) groups excluding carboxylic acids is 2. The SMILES string of the molecule is CCN(C1=C(c2ccc([N+](=O)[O-])cc2)C(=O)N(Cc2ccncc2)C1=O)c1ccccc1. The van der Waals surface area contributed by atoms with E-state index in [1.807, 2.05) is 37.3 Å². The monoisotopic (exact) mass is 428 g/mol. The molecule has 3 aromatic rings. The first-order chi connectivity index (χ1) is 15.5. The molecule has 0 fully saturated rings. The molecule has 160 valence electrons. The van der Waals surface area contributed by atoms with E-state index in [0.717, 1.165) is 11.3 Å². The Kier molecular flexibility index (Phi) is 5.76. The van der Waals surface area contributed by atoms with Gasteiger partial charge in [-0.25, -0.2) is 0 Å². The predicted molar refractivity (Wildman–Crippen MR) is 119 cm³/mol. The van der Waals surface area contributed by atoms with Crippen LogP contribution in [0.2, 0.25) is 0 Å². The maximum absolute atomic E-state index is 13.5. The zero-order valence-electron chi connectivity index (χ0n) is 17.3. The van der Waals surface area contributed by atoms with E-state index in [-0.39, 0.29) is 23.5 Å². The fraction of sp³-hybridized carbons (Fsp3) is 0.125. The molecule has 0 unspecified atom stereocenters. The Hall–Kier alpha value is -4.33. The Labute approximate surface area is 184 Å². The van der Waals surface area contributed by atoms with Gasteiger partial charge in [0.05, 0.1) is 17.0 Å². The van der Waals surface area contributed by atoms with Crippen LogP contribution in [0.3, 0.4) is 0 Å². The van der Waals surface area contributed by atoms with Crippen LogP contribution in [0.25, 0.3) is 5.57 Å². The molecule has 32 heavy (non-hydrogen) atoms. The van der Waals surface area contributed by atoms with Crippen molar-refractivity contribution < 1.29 is 14.5 Å². The summed E-state index contributed by atoms with van der Waals surface area (Å²) >= 11 is 0. The molecule has 8 nitrogen and oxygen atoms in total. The van der Waals surface area contributed by atoms with Crippen LogP contribution in [0, 0.1) is 10.1 Å². The van der Waals surface area contributed by atoms with Crippen molar-refractivity contribution in [2.75, 3.05) is 11.4 Å². The van der Waals surface area contributed by atoms with Gasteiger partial charge in [-0.15, -0.1) is 0 Å². The summed E-state index contributed by atoms with van der Waals surface area (Å²) in [4.78, 5) is 44.5. The van der Waals surface area contributed by atoms with Gasteiger partial charge in [-0.05, 0) is 54.4 Å². The predicted octanol–water partition coefficient (Wildman–Crippen LogP) is 3.80. The molecule has 0 saturated heterocycles. The normalized spacial score (nSPS) is 13.6. The number of amides is 2. The molecule has 2 amide bonds. The molecule has 1 aliphatic rings. The number of non-ortho nitro benzene ring substituents is 1. The van der Waals surface area contributed by atoms with Gasteiger partial charge in [-0.2, -0.15) is 0 Å². The van der Waals surface area contributed by atoms with Gasteiger partial charge in [0.1, 0.15) is 5.70 Å². The number of aromatic nitrogens is 1. The summed E-state index contributed by atoms with van der Waals surface area (Å²) in [5.41, 5.74) is 2.40. The minimum Gasteiger partial charge on any atom is -0.337 e. The van der Waals surface area contributed by atoms with E-state index in [0.29, 0.717) is 12.1 Å². The summed E-state index contributed by atoms with van der Waals surface area (Å²) in [5.74, 6) is -0.851. The maximum Gasteiger partial charge on any atom is 0.278 e. The largest absolute Gasteiger partial charge is 0.337 e. The van der Waals surface area contributed by atoms with Crippen molar-refractivity contribution in [2.24, 2.45) is 0 Å². The van der Waals surface area contributed by atoms with Crippen LogP contribution in [-0.4, -0.2) is 33.2 Å². The minimum absolute atomic E-state index is 0.0864. The molecule has 0 N–H and O–H groups in total. The number of likely N-dealkylation sites (N-methyl/N-ethyl adjacent to an activating group) is 1. The van der Waals surface area contributed by atoms with Crippen LogP contribution in [0.4, 0.5) is 11.4 Å². The van der Waals surface area contributed by atoms with Gasteiger partial charge in [-0.3, -0.25) is 29.6 Å². The summed E-state index contributed by atoms with van der Waals surface area (Å²) in [7, 11) is 0. The molecule has 0 bridgehead atoms. The van der Waals surface area contributed by atoms with Gasteiger partial charge in [-0.1, -0.05) is 18.2 Å². The molecule has 0 atom stereocenters. The zero-order chi connectivity index (χ0) is 22.7. The second-order valence-electron chi connectivity index (χ2n) is 7.16. The first-order valence-corrected chi connectivity index (χ1v) is 10.1. The smallest absolute Gasteiger partial charge is 0.278 e. The van der Waals surface area contributed by atoms with Crippen LogP contribution >= 0.6 is 0 Å². The third-order valence-corrected chi connectivity index (χ3v) is 5.25. The van der Waals surface area contributed by atoms with Crippen molar-refractivity contribution >= 4 is 28.8 Å². The van der Waals surface area contributed by atoms with Crippen molar-refractivity contribution in [1.29, 1.82) is 0 Å². The number of carbonyl (C=O) groups is 2. The fourth-order valence-electron chi connectivity index (χ4n) is 3.72. The number of nitro groups is 1.